The molecule has 2 aromatic carbocycles. The molecule has 5 rings (SSSR count). The van der Waals surface area contributed by atoms with Gasteiger partial charge in [0.15, 0.2) is 11.3 Å². The van der Waals surface area contributed by atoms with Gasteiger partial charge >= 0.3 is 5.97 Å². The second kappa shape index (κ2) is 8.05. The van der Waals surface area contributed by atoms with Crippen molar-refractivity contribution in [3.8, 4) is 11.3 Å². The number of esters is 1. The predicted octanol–water partition coefficient (Wildman–Crippen LogP) is 4.88. The molecule has 0 amide bonds. The number of hydrogen-bond acceptors (Lipinski definition) is 6. The highest BCUT2D eigenvalue weighted by Gasteiger charge is 2.18. The SMILES string of the molecule is COC(=O)c1ccc(-c2cnc3ncn(C(C)c4ccc5ncccc5c4C)c3n2)cc1F. The van der Waals surface area contributed by atoms with Crippen LogP contribution in [0.5, 0.6) is 0 Å². The van der Waals surface area contributed by atoms with Crippen molar-refractivity contribution in [3.05, 3.63) is 83.7 Å². The van der Waals surface area contributed by atoms with Crippen molar-refractivity contribution in [1.29, 1.82) is 0 Å². The Balaban J connectivity index is 1.57. The van der Waals surface area contributed by atoms with E-state index in [1.807, 2.05) is 16.7 Å². The zero-order valence-corrected chi connectivity index (χ0v) is 18.3. The van der Waals surface area contributed by atoms with Crippen molar-refractivity contribution in [3.63, 3.8) is 0 Å². The highest BCUT2D eigenvalue weighted by molar-refractivity contribution is 5.90. The molecule has 164 valence electrons. The van der Waals surface area contributed by atoms with Crippen LogP contribution in [0.4, 0.5) is 4.39 Å². The number of imidazole rings is 1. The third kappa shape index (κ3) is 3.49. The van der Waals surface area contributed by atoms with Crippen LogP contribution >= 0.6 is 0 Å². The molecule has 0 aliphatic heterocycles. The average Bonchev–Trinajstić information content (AvgIpc) is 3.27. The van der Waals surface area contributed by atoms with Gasteiger partial charge in [-0.05, 0) is 49.2 Å². The summed E-state index contributed by atoms with van der Waals surface area (Å²) < 4.78 is 21.0. The normalized spacial score (nSPS) is 12.2. The molecular weight excluding hydrogens is 421 g/mol. The molecule has 5 aromatic rings. The number of benzene rings is 2. The Kier molecular flexibility index (Phi) is 5.05. The van der Waals surface area contributed by atoms with Gasteiger partial charge in [-0.15, -0.1) is 0 Å². The first-order valence-corrected chi connectivity index (χ1v) is 10.4. The summed E-state index contributed by atoms with van der Waals surface area (Å²) in [7, 11) is 1.21. The molecule has 0 radical (unpaired) electrons. The fourth-order valence-corrected chi connectivity index (χ4v) is 4.10. The number of ether oxygens (including phenoxy) is 1. The fourth-order valence-electron chi connectivity index (χ4n) is 4.10. The molecule has 8 heteroatoms. The number of aryl methyl sites for hydroxylation is 1. The lowest BCUT2D eigenvalue weighted by atomic mass is 9.98. The quantitative estimate of drug-likeness (QED) is 0.370. The van der Waals surface area contributed by atoms with E-state index in [0.29, 0.717) is 22.6 Å². The largest absolute Gasteiger partial charge is 0.465 e. The van der Waals surface area contributed by atoms with Gasteiger partial charge in [-0.1, -0.05) is 18.2 Å². The van der Waals surface area contributed by atoms with Crippen molar-refractivity contribution in [1.82, 2.24) is 24.5 Å². The lowest BCUT2D eigenvalue weighted by molar-refractivity contribution is 0.0595. The van der Waals surface area contributed by atoms with Gasteiger partial charge in [-0.2, -0.15) is 0 Å². The number of carbonyl (C=O) groups is 1. The summed E-state index contributed by atoms with van der Waals surface area (Å²) in [6.07, 6.45) is 5.04. The number of carbonyl (C=O) groups excluding carboxylic acids is 1. The lowest BCUT2D eigenvalue weighted by Crippen LogP contribution is -2.09. The van der Waals surface area contributed by atoms with Crippen LogP contribution in [-0.4, -0.2) is 37.6 Å². The van der Waals surface area contributed by atoms with E-state index in [-0.39, 0.29) is 11.6 Å². The molecule has 3 aromatic heterocycles. The minimum absolute atomic E-state index is 0.0670. The molecule has 7 nitrogen and oxygen atoms in total. The smallest absolute Gasteiger partial charge is 0.340 e. The third-order valence-electron chi connectivity index (χ3n) is 5.92. The lowest BCUT2D eigenvalue weighted by Gasteiger charge is -2.18. The second-order valence-electron chi connectivity index (χ2n) is 7.77. The van der Waals surface area contributed by atoms with E-state index in [9.17, 15) is 9.18 Å². The highest BCUT2D eigenvalue weighted by Crippen LogP contribution is 2.29. The summed E-state index contributed by atoms with van der Waals surface area (Å²) in [5.74, 6) is -1.41. The molecule has 0 aliphatic carbocycles. The van der Waals surface area contributed by atoms with Crippen molar-refractivity contribution < 1.29 is 13.9 Å². The van der Waals surface area contributed by atoms with Gasteiger partial charge in [0.1, 0.15) is 5.82 Å². The Hall–Kier alpha value is -4.20. The molecule has 0 N–H and O–H groups in total. The Labute approximate surface area is 188 Å². The zero-order valence-electron chi connectivity index (χ0n) is 18.3. The van der Waals surface area contributed by atoms with Crippen LogP contribution in [0.3, 0.4) is 0 Å². The molecule has 0 bridgehead atoms. The van der Waals surface area contributed by atoms with Gasteiger partial charge in [0.2, 0.25) is 0 Å². The number of hydrogen-bond donors (Lipinski definition) is 0. The monoisotopic (exact) mass is 441 g/mol. The molecule has 0 spiro atoms. The summed E-state index contributed by atoms with van der Waals surface area (Å²) in [5.41, 5.74) is 5.14. The van der Waals surface area contributed by atoms with E-state index in [1.54, 1.807) is 24.8 Å². The first kappa shape index (κ1) is 20.7. The Bertz CT molecular complexity index is 1530. The van der Waals surface area contributed by atoms with Crippen molar-refractivity contribution in [2.24, 2.45) is 0 Å². The summed E-state index contributed by atoms with van der Waals surface area (Å²) in [6.45, 7) is 4.16. The van der Waals surface area contributed by atoms with Gasteiger partial charge < -0.3 is 9.30 Å². The maximum Gasteiger partial charge on any atom is 0.340 e. The van der Waals surface area contributed by atoms with E-state index in [0.717, 1.165) is 22.0 Å². The van der Waals surface area contributed by atoms with Gasteiger partial charge in [-0.25, -0.2) is 24.1 Å². The molecular formula is C25H20FN5O2. The highest BCUT2D eigenvalue weighted by atomic mass is 19.1. The topological polar surface area (TPSA) is 82.8 Å². The summed E-state index contributed by atoms with van der Waals surface area (Å²) in [4.78, 5) is 29.6. The molecule has 0 saturated heterocycles. The molecule has 0 saturated carbocycles. The molecule has 0 aliphatic rings. The van der Waals surface area contributed by atoms with Gasteiger partial charge in [-0.3, -0.25) is 4.98 Å². The zero-order chi connectivity index (χ0) is 23.1. The Morgan fingerprint density at radius 3 is 2.76 bits per heavy atom. The average molecular weight is 441 g/mol. The van der Waals surface area contributed by atoms with E-state index in [2.05, 4.69) is 45.7 Å². The first-order chi connectivity index (χ1) is 16.0. The number of rotatable bonds is 4. The second-order valence-corrected chi connectivity index (χ2v) is 7.77. The summed E-state index contributed by atoms with van der Waals surface area (Å²) >= 11 is 0. The van der Waals surface area contributed by atoms with Crippen LogP contribution in [0, 0.1) is 12.7 Å². The fraction of sp³-hybridized carbons (Fsp3) is 0.160. The summed E-state index contributed by atoms with van der Waals surface area (Å²) in [6, 6.07) is 12.3. The van der Waals surface area contributed by atoms with Gasteiger partial charge in [0, 0.05) is 17.1 Å². The Morgan fingerprint density at radius 2 is 1.97 bits per heavy atom. The van der Waals surface area contributed by atoms with Gasteiger partial charge in [0.25, 0.3) is 0 Å². The van der Waals surface area contributed by atoms with Crippen LogP contribution in [0.2, 0.25) is 0 Å². The first-order valence-electron chi connectivity index (χ1n) is 10.4. The maximum atomic E-state index is 14.5. The summed E-state index contributed by atoms with van der Waals surface area (Å²) in [5, 5.41) is 1.10. The minimum atomic E-state index is -0.728. The van der Waals surface area contributed by atoms with E-state index in [4.69, 9.17) is 4.98 Å². The number of nitrogens with zero attached hydrogens (tertiary/aromatic N) is 5. The van der Waals surface area contributed by atoms with E-state index < -0.39 is 11.8 Å². The van der Waals surface area contributed by atoms with Crippen molar-refractivity contribution >= 4 is 28.2 Å². The van der Waals surface area contributed by atoms with Crippen molar-refractivity contribution in [2.45, 2.75) is 19.9 Å². The molecule has 3 heterocycles. The van der Waals surface area contributed by atoms with Crippen LogP contribution in [0.1, 0.15) is 34.5 Å². The van der Waals surface area contributed by atoms with Crippen LogP contribution in [-0.2, 0) is 4.74 Å². The number of halogens is 1. The van der Waals surface area contributed by atoms with Crippen LogP contribution in [0.25, 0.3) is 33.5 Å². The molecule has 0 fully saturated rings. The minimum Gasteiger partial charge on any atom is -0.465 e. The molecule has 1 unspecified atom stereocenters. The number of aromatic nitrogens is 5. The van der Waals surface area contributed by atoms with Crippen molar-refractivity contribution in [2.75, 3.05) is 7.11 Å². The number of pyridine rings is 1. The molecule has 1 atom stereocenters. The standard InChI is InChI=1S/C25H20FN5O2/c1-14-17(8-9-21-18(14)5-4-10-27-21)15(2)31-13-29-23-24(31)30-22(12-28-23)16-6-7-19(20(26)11-16)25(32)33-3/h4-13,15H,1-3H3. The predicted molar refractivity (Wildman–Crippen MR) is 122 cm³/mol. The van der Waals surface area contributed by atoms with Crippen LogP contribution < -0.4 is 0 Å². The van der Waals surface area contributed by atoms with E-state index >= 15 is 0 Å². The van der Waals surface area contributed by atoms with Gasteiger partial charge in [0.05, 0.1) is 42.4 Å². The molecule has 33 heavy (non-hydrogen) atoms. The maximum absolute atomic E-state index is 14.5. The third-order valence-corrected chi connectivity index (χ3v) is 5.92. The number of methoxy groups -OCH3 is 1. The Morgan fingerprint density at radius 1 is 1.12 bits per heavy atom. The number of fused-ring (bicyclic) bond motifs is 2. The van der Waals surface area contributed by atoms with E-state index in [1.165, 1.54) is 19.2 Å². The van der Waals surface area contributed by atoms with Crippen LogP contribution in [0.15, 0.2) is 61.2 Å².